The molecule has 4 nitrogen and oxygen atoms in total. The zero-order chi connectivity index (χ0) is 12.0. The normalized spacial score (nSPS) is 23.0. The Balaban J connectivity index is 1.97. The molecule has 3 rings (SSSR count). The maximum atomic E-state index is 12.5. The summed E-state index contributed by atoms with van der Waals surface area (Å²) in [7, 11) is 0. The van der Waals surface area contributed by atoms with Crippen LogP contribution in [0.15, 0.2) is 12.3 Å². The fourth-order valence-electron chi connectivity index (χ4n) is 2.07. The van der Waals surface area contributed by atoms with Gasteiger partial charge in [0.1, 0.15) is 0 Å². The first-order chi connectivity index (χ1) is 8.05. The number of anilines is 1. The Kier molecular flexibility index (Phi) is 2.19. The second-order valence-electron chi connectivity index (χ2n) is 4.01. The number of hydrogen-bond acceptors (Lipinski definition) is 4. The van der Waals surface area contributed by atoms with Gasteiger partial charge in [0.2, 0.25) is 0 Å². The number of nitrogens with one attached hydrogen (secondary N) is 1. The van der Waals surface area contributed by atoms with Gasteiger partial charge in [-0.3, -0.25) is 0 Å². The molecule has 2 aliphatic heterocycles. The van der Waals surface area contributed by atoms with E-state index in [1.54, 1.807) is 0 Å². The van der Waals surface area contributed by atoms with Crippen molar-refractivity contribution in [2.24, 2.45) is 0 Å². The fourth-order valence-corrected chi connectivity index (χ4v) is 2.07. The predicted octanol–water partition coefficient (Wildman–Crippen LogP) is 1.23. The lowest BCUT2D eigenvalue weighted by Gasteiger charge is -2.29. The molecule has 0 aromatic carbocycles. The van der Waals surface area contributed by atoms with Gasteiger partial charge in [-0.05, 0) is 6.07 Å². The summed E-state index contributed by atoms with van der Waals surface area (Å²) in [6.45, 7) is 2.07. The van der Waals surface area contributed by atoms with Crippen LogP contribution in [0.5, 0.6) is 5.75 Å². The monoisotopic (exact) mass is 245 g/mol. The molecule has 0 unspecified atom stereocenters. The quantitative estimate of drug-likeness (QED) is 0.746. The third kappa shape index (κ3) is 1.70. The Morgan fingerprint density at radius 2 is 2.29 bits per heavy atom. The lowest BCUT2D eigenvalue weighted by atomic mass is 10.2. The van der Waals surface area contributed by atoms with Gasteiger partial charge in [0, 0.05) is 19.3 Å². The highest BCUT2D eigenvalue weighted by atomic mass is 19.4. The number of pyridine rings is 1. The summed E-state index contributed by atoms with van der Waals surface area (Å²) in [6.07, 6.45) is -3.77. The van der Waals surface area contributed by atoms with Crippen LogP contribution in [0.3, 0.4) is 0 Å². The summed E-state index contributed by atoms with van der Waals surface area (Å²) in [4.78, 5) is 5.74. The van der Waals surface area contributed by atoms with Gasteiger partial charge in [0.25, 0.3) is 0 Å². The molecule has 0 bridgehead atoms. The summed E-state index contributed by atoms with van der Waals surface area (Å²) in [5, 5.41) is 3.12. The zero-order valence-corrected chi connectivity index (χ0v) is 8.79. The van der Waals surface area contributed by atoms with Crippen molar-refractivity contribution in [1.29, 1.82) is 0 Å². The minimum atomic E-state index is -4.38. The van der Waals surface area contributed by atoms with Crippen molar-refractivity contribution < 1.29 is 17.9 Å². The second kappa shape index (κ2) is 3.49. The molecule has 1 N–H and O–H groups in total. The molecular weight excluding hydrogens is 235 g/mol. The predicted molar refractivity (Wildman–Crippen MR) is 53.9 cm³/mol. The number of fused-ring (bicyclic) bond motifs is 3. The standard InChI is InChI=1S/C10H10F3N3O/c11-10(12,13)6-3-7-9(15-4-6)16-2-1-14-5-8(16)17-7/h3-4,8,14H,1-2,5H2/t8-/m0/s1. The van der Waals surface area contributed by atoms with Crippen LogP contribution in [0.4, 0.5) is 19.0 Å². The van der Waals surface area contributed by atoms with E-state index in [-0.39, 0.29) is 12.0 Å². The van der Waals surface area contributed by atoms with Gasteiger partial charge in [-0.15, -0.1) is 0 Å². The van der Waals surface area contributed by atoms with Crippen LogP contribution in [0.1, 0.15) is 5.56 Å². The molecule has 0 saturated carbocycles. The van der Waals surface area contributed by atoms with Crippen LogP contribution in [-0.4, -0.2) is 30.8 Å². The number of ether oxygens (including phenoxy) is 1. The molecule has 1 aromatic rings. The van der Waals surface area contributed by atoms with Crippen LogP contribution < -0.4 is 15.0 Å². The molecule has 1 saturated heterocycles. The van der Waals surface area contributed by atoms with Gasteiger partial charge in [0.15, 0.2) is 17.8 Å². The average Bonchev–Trinajstić information content (AvgIpc) is 2.65. The molecule has 2 aliphatic rings. The summed E-state index contributed by atoms with van der Waals surface area (Å²) < 4.78 is 43.0. The number of hydrogen-bond donors (Lipinski definition) is 1. The zero-order valence-electron chi connectivity index (χ0n) is 8.79. The Bertz CT molecular complexity index is 449. The molecule has 1 atom stereocenters. The Morgan fingerprint density at radius 3 is 3.06 bits per heavy atom. The first-order valence-electron chi connectivity index (χ1n) is 5.27. The largest absolute Gasteiger partial charge is 0.465 e. The van der Waals surface area contributed by atoms with Crippen molar-refractivity contribution in [3.05, 3.63) is 17.8 Å². The van der Waals surface area contributed by atoms with Gasteiger partial charge in [-0.2, -0.15) is 13.2 Å². The van der Waals surface area contributed by atoms with Crippen molar-refractivity contribution >= 4 is 5.82 Å². The number of piperazine rings is 1. The summed E-state index contributed by atoms with van der Waals surface area (Å²) in [6, 6.07) is 1.01. The highest BCUT2D eigenvalue weighted by Gasteiger charge is 2.38. The summed E-state index contributed by atoms with van der Waals surface area (Å²) >= 11 is 0. The molecule has 0 amide bonds. The van der Waals surface area contributed by atoms with Crippen molar-refractivity contribution in [3.63, 3.8) is 0 Å². The van der Waals surface area contributed by atoms with Crippen molar-refractivity contribution in [3.8, 4) is 5.75 Å². The SMILES string of the molecule is FC(F)(F)c1cnc2c(c1)O[C@H]1CNCCN21. The maximum Gasteiger partial charge on any atom is 0.418 e. The molecule has 7 heteroatoms. The first-order valence-corrected chi connectivity index (χ1v) is 5.27. The van der Waals surface area contributed by atoms with E-state index in [1.807, 2.05) is 4.90 Å². The van der Waals surface area contributed by atoms with Gasteiger partial charge < -0.3 is 15.0 Å². The average molecular weight is 245 g/mol. The fraction of sp³-hybridized carbons (Fsp3) is 0.500. The number of aromatic nitrogens is 1. The van der Waals surface area contributed by atoms with Crippen molar-refractivity contribution in [2.45, 2.75) is 12.4 Å². The Labute approximate surface area is 95.4 Å². The van der Waals surface area contributed by atoms with Gasteiger partial charge in [-0.1, -0.05) is 0 Å². The topological polar surface area (TPSA) is 37.4 Å². The Morgan fingerprint density at radius 1 is 1.47 bits per heavy atom. The summed E-state index contributed by atoms with van der Waals surface area (Å²) in [5.74, 6) is 0.720. The van der Waals surface area contributed by atoms with E-state index in [2.05, 4.69) is 10.3 Å². The number of halogens is 3. The lowest BCUT2D eigenvalue weighted by molar-refractivity contribution is -0.137. The molecule has 0 radical (unpaired) electrons. The number of nitrogens with zero attached hydrogens (tertiary/aromatic N) is 2. The van der Waals surface area contributed by atoms with Crippen LogP contribution in [0.2, 0.25) is 0 Å². The van der Waals surface area contributed by atoms with Gasteiger partial charge in [0.05, 0.1) is 12.1 Å². The molecule has 17 heavy (non-hydrogen) atoms. The van der Waals surface area contributed by atoms with E-state index in [0.717, 1.165) is 18.8 Å². The summed E-state index contributed by atoms with van der Waals surface area (Å²) in [5.41, 5.74) is -0.774. The Hall–Kier alpha value is -1.50. The molecule has 1 fully saturated rings. The maximum absolute atomic E-state index is 12.5. The number of rotatable bonds is 0. The second-order valence-corrected chi connectivity index (χ2v) is 4.01. The van der Waals surface area contributed by atoms with E-state index in [1.165, 1.54) is 0 Å². The van der Waals surface area contributed by atoms with E-state index >= 15 is 0 Å². The van der Waals surface area contributed by atoms with Crippen LogP contribution >= 0.6 is 0 Å². The molecule has 0 spiro atoms. The smallest absolute Gasteiger partial charge is 0.418 e. The van der Waals surface area contributed by atoms with Crippen LogP contribution in [0.25, 0.3) is 0 Å². The van der Waals surface area contributed by atoms with Crippen molar-refractivity contribution in [2.75, 3.05) is 24.5 Å². The first kappa shape index (κ1) is 10.6. The minimum Gasteiger partial charge on any atom is -0.465 e. The van der Waals surface area contributed by atoms with Crippen LogP contribution in [0, 0.1) is 0 Å². The highest BCUT2D eigenvalue weighted by Crippen LogP contribution is 2.39. The lowest BCUT2D eigenvalue weighted by Crippen LogP contribution is -2.51. The van der Waals surface area contributed by atoms with Gasteiger partial charge in [-0.25, -0.2) is 4.98 Å². The molecule has 0 aliphatic carbocycles. The van der Waals surface area contributed by atoms with E-state index in [4.69, 9.17) is 4.74 Å². The molecule has 1 aromatic heterocycles. The van der Waals surface area contributed by atoms with E-state index < -0.39 is 11.7 Å². The van der Waals surface area contributed by atoms with Gasteiger partial charge >= 0.3 is 6.18 Å². The third-order valence-electron chi connectivity index (χ3n) is 2.89. The van der Waals surface area contributed by atoms with Crippen molar-refractivity contribution in [1.82, 2.24) is 10.3 Å². The number of alkyl halides is 3. The van der Waals surface area contributed by atoms with Crippen LogP contribution in [-0.2, 0) is 6.18 Å². The molecule has 3 heterocycles. The minimum absolute atomic E-state index is 0.216. The molecule has 92 valence electrons. The molecular formula is C10H10F3N3O. The van der Waals surface area contributed by atoms with E-state index in [9.17, 15) is 13.2 Å². The highest BCUT2D eigenvalue weighted by molar-refractivity contribution is 5.58. The van der Waals surface area contributed by atoms with E-state index in [0.29, 0.717) is 18.9 Å². The third-order valence-corrected chi connectivity index (χ3v) is 2.89.